The molecular weight excluding hydrogens is 240 g/mol. The Morgan fingerprint density at radius 1 is 1.47 bits per heavy atom. The third-order valence-electron chi connectivity index (χ3n) is 4.09. The number of benzene rings is 1. The molecule has 0 radical (unpaired) electrons. The maximum atomic E-state index is 11.9. The molecule has 4 nitrogen and oxygen atoms in total. The number of ether oxygens (including phenoxy) is 1. The summed E-state index contributed by atoms with van der Waals surface area (Å²) in [6.07, 6.45) is 0.962. The topological polar surface area (TPSA) is 41.6 Å². The first-order valence-corrected chi connectivity index (χ1v) is 6.94. The van der Waals surface area contributed by atoms with Gasteiger partial charge in [0.1, 0.15) is 6.61 Å². The average molecular weight is 260 g/mol. The van der Waals surface area contributed by atoms with Crippen molar-refractivity contribution < 1.29 is 9.53 Å². The monoisotopic (exact) mass is 260 g/mol. The van der Waals surface area contributed by atoms with E-state index in [0.717, 1.165) is 19.5 Å². The molecule has 0 aromatic heterocycles. The molecule has 3 rings (SSSR count). The summed E-state index contributed by atoms with van der Waals surface area (Å²) < 4.78 is 5.25. The van der Waals surface area contributed by atoms with Gasteiger partial charge in [-0.15, -0.1) is 0 Å². The zero-order valence-corrected chi connectivity index (χ0v) is 11.3. The molecule has 0 saturated carbocycles. The van der Waals surface area contributed by atoms with Crippen LogP contribution >= 0.6 is 0 Å². The molecule has 2 heterocycles. The molecule has 0 spiro atoms. The van der Waals surface area contributed by atoms with Gasteiger partial charge >= 0.3 is 6.09 Å². The van der Waals surface area contributed by atoms with Gasteiger partial charge in [-0.3, -0.25) is 4.90 Å². The van der Waals surface area contributed by atoms with Crippen LogP contribution in [-0.2, 0) is 11.3 Å². The zero-order chi connectivity index (χ0) is 13.2. The summed E-state index contributed by atoms with van der Waals surface area (Å²) in [6.45, 7) is 5.31. The fraction of sp³-hybridized carbons (Fsp3) is 0.533. The van der Waals surface area contributed by atoms with Gasteiger partial charge in [0, 0.05) is 13.1 Å². The minimum Gasteiger partial charge on any atom is -0.447 e. The molecule has 2 fully saturated rings. The van der Waals surface area contributed by atoms with E-state index in [1.54, 1.807) is 0 Å². The van der Waals surface area contributed by atoms with E-state index < -0.39 is 0 Å². The minimum atomic E-state index is -0.168. The van der Waals surface area contributed by atoms with E-state index in [1.165, 1.54) is 11.1 Å². The summed E-state index contributed by atoms with van der Waals surface area (Å²) in [6, 6.07) is 8.54. The van der Waals surface area contributed by atoms with Gasteiger partial charge in [-0.2, -0.15) is 0 Å². The summed E-state index contributed by atoms with van der Waals surface area (Å²) in [5.41, 5.74) is 2.40. The van der Waals surface area contributed by atoms with E-state index in [4.69, 9.17) is 4.74 Å². The predicted molar refractivity (Wildman–Crippen MR) is 72.8 cm³/mol. The molecular formula is C15H20N2O2. The normalized spacial score (nSPS) is 26.8. The van der Waals surface area contributed by atoms with Crippen LogP contribution in [-0.4, -0.2) is 36.7 Å². The van der Waals surface area contributed by atoms with Crippen LogP contribution in [0.5, 0.6) is 0 Å². The third-order valence-corrected chi connectivity index (χ3v) is 4.09. The Bertz CT molecular complexity index is 469. The molecule has 0 bridgehead atoms. The van der Waals surface area contributed by atoms with Gasteiger partial charge in [-0.1, -0.05) is 29.8 Å². The highest BCUT2D eigenvalue weighted by molar-refractivity contribution is 5.70. The maximum Gasteiger partial charge on any atom is 0.410 e. The number of carbonyl (C=O) groups excluding carboxylic acids is 1. The second kappa shape index (κ2) is 5.21. The van der Waals surface area contributed by atoms with Crippen molar-refractivity contribution in [2.75, 3.05) is 19.7 Å². The van der Waals surface area contributed by atoms with Gasteiger partial charge in [0.15, 0.2) is 0 Å². The molecule has 2 atom stereocenters. The number of aryl methyl sites for hydroxylation is 1. The predicted octanol–water partition coefficient (Wildman–Crippen LogP) is 1.93. The first-order chi connectivity index (χ1) is 9.24. The average Bonchev–Trinajstić information content (AvgIpc) is 3.01. The van der Waals surface area contributed by atoms with Gasteiger partial charge in [-0.05, 0) is 31.4 Å². The Labute approximate surface area is 113 Å². The molecule has 2 unspecified atom stereocenters. The van der Waals surface area contributed by atoms with Crippen molar-refractivity contribution in [1.29, 1.82) is 0 Å². The van der Waals surface area contributed by atoms with Gasteiger partial charge < -0.3 is 10.1 Å². The van der Waals surface area contributed by atoms with Crippen molar-refractivity contribution in [1.82, 2.24) is 10.2 Å². The number of nitrogens with one attached hydrogen (secondary N) is 1. The Hall–Kier alpha value is -1.55. The highest BCUT2D eigenvalue weighted by atomic mass is 16.6. The number of cyclic esters (lactones) is 1. The first kappa shape index (κ1) is 12.5. The number of hydrogen-bond donors (Lipinski definition) is 1. The van der Waals surface area contributed by atoms with Crippen LogP contribution < -0.4 is 5.32 Å². The summed E-state index contributed by atoms with van der Waals surface area (Å²) in [5, 5.41) is 3.36. The molecule has 4 heteroatoms. The van der Waals surface area contributed by atoms with Gasteiger partial charge in [0.25, 0.3) is 0 Å². The molecule has 19 heavy (non-hydrogen) atoms. The standard InChI is InChI=1S/C15H20N2O2/c1-11-3-2-4-12(7-11)9-17-14(10-19-15(17)18)13-5-6-16-8-13/h2-4,7,13-14,16H,5-6,8-10H2,1H3. The summed E-state index contributed by atoms with van der Waals surface area (Å²) in [5.74, 6) is 0.524. The number of carbonyl (C=O) groups is 1. The minimum absolute atomic E-state index is 0.168. The Balaban J connectivity index is 1.75. The van der Waals surface area contributed by atoms with E-state index in [2.05, 4.69) is 30.4 Å². The SMILES string of the molecule is Cc1cccc(CN2C(=O)OCC2C2CCNC2)c1. The van der Waals surface area contributed by atoms with Crippen molar-refractivity contribution in [2.45, 2.75) is 25.9 Å². The second-order valence-electron chi connectivity index (χ2n) is 5.51. The van der Waals surface area contributed by atoms with Crippen LogP contribution in [0.25, 0.3) is 0 Å². The van der Waals surface area contributed by atoms with E-state index in [0.29, 0.717) is 19.1 Å². The van der Waals surface area contributed by atoms with Crippen molar-refractivity contribution in [3.63, 3.8) is 0 Å². The Morgan fingerprint density at radius 2 is 2.37 bits per heavy atom. The lowest BCUT2D eigenvalue weighted by atomic mass is 9.98. The van der Waals surface area contributed by atoms with Crippen LogP contribution in [0.2, 0.25) is 0 Å². The summed E-state index contributed by atoms with van der Waals surface area (Å²) >= 11 is 0. The van der Waals surface area contributed by atoms with Crippen molar-refractivity contribution in [3.8, 4) is 0 Å². The Morgan fingerprint density at radius 3 is 3.11 bits per heavy atom. The smallest absolute Gasteiger partial charge is 0.410 e. The molecule has 1 aromatic rings. The molecule has 1 N–H and O–H groups in total. The fourth-order valence-electron chi connectivity index (χ4n) is 3.05. The lowest BCUT2D eigenvalue weighted by Gasteiger charge is -2.26. The van der Waals surface area contributed by atoms with E-state index in [1.807, 2.05) is 11.0 Å². The lowest BCUT2D eigenvalue weighted by molar-refractivity contribution is 0.154. The fourth-order valence-corrected chi connectivity index (χ4v) is 3.05. The van der Waals surface area contributed by atoms with E-state index in [-0.39, 0.29) is 12.1 Å². The van der Waals surface area contributed by atoms with E-state index >= 15 is 0 Å². The van der Waals surface area contributed by atoms with Gasteiger partial charge in [0.05, 0.1) is 6.04 Å². The summed E-state index contributed by atoms with van der Waals surface area (Å²) in [7, 11) is 0. The largest absolute Gasteiger partial charge is 0.447 e. The number of amides is 1. The molecule has 2 aliphatic heterocycles. The van der Waals surface area contributed by atoms with Crippen molar-refractivity contribution in [2.24, 2.45) is 5.92 Å². The molecule has 2 aliphatic rings. The molecule has 1 amide bonds. The van der Waals surface area contributed by atoms with Gasteiger partial charge in [0.2, 0.25) is 0 Å². The zero-order valence-electron chi connectivity index (χ0n) is 11.3. The molecule has 1 aromatic carbocycles. The number of hydrogen-bond acceptors (Lipinski definition) is 3. The van der Waals surface area contributed by atoms with Crippen LogP contribution in [0.4, 0.5) is 4.79 Å². The quantitative estimate of drug-likeness (QED) is 0.903. The van der Waals surface area contributed by atoms with Crippen LogP contribution in [0.3, 0.4) is 0 Å². The van der Waals surface area contributed by atoms with Crippen LogP contribution in [0.15, 0.2) is 24.3 Å². The summed E-state index contributed by atoms with van der Waals surface area (Å²) in [4.78, 5) is 13.8. The van der Waals surface area contributed by atoms with Crippen molar-refractivity contribution in [3.05, 3.63) is 35.4 Å². The highest BCUT2D eigenvalue weighted by Gasteiger charge is 2.39. The Kier molecular flexibility index (Phi) is 3.42. The van der Waals surface area contributed by atoms with Crippen LogP contribution in [0.1, 0.15) is 17.5 Å². The molecule has 0 aliphatic carbocycles. The second-order valence-corrected chi connectivity index (χ2v) is 5.51. The highest BCUT2D eigenvalue weighted by Crippen LogP contribution is 2.26. The third kappa shape index (κ3) is 2.59. The first-order valence-electron chi connectivity index (χ1n) is 6.94. The van der Waals surface area contributed by atoms with Crippen molar-refractivity contribution >= 4 is 6.09 Å². The van der Waals surface area contributed by atoms with Gasteiger partial charge in [-0.25, -0.2) is 4.79 Å². The number of rotatable bonds is 3. The number of nitrogens with zero attached hydrogens (tertiary/aromatic N) is 1. The molecule has 102 valence electrons. The van der Waals surface area contributed by atoms with E-state index in [9.17, 15) is 4.79 Å². The maximum absolute atomic E-state index is 11.9. The lowest BCUT2D eigenvalue weighted by Crippen LogP contribution is -2.39. The van der Waals surface area contributed by atoms with Crippen LogP contribution in [0, 0.1) is 12.8 Å². The molecule has 2 saturated heterocycles.